The van der Waals surface area contributed by atoms with Crippen molar-refractivity contribution in [2.45, 2.75) is 19.7 Å². The predicted molar refractivity (Wildman–Crippen MR) is 126 cm³/mol. The summed E-state index contributed by atoms with van der Waals surface area (Å²) in [6.45, 7) is -2.23. The molecule has 0 unspecified atom stereocenters. The quantitative estimate of drug-likeness (QED) is 0.229. The third-order valence-electron chi connectivity index (χ3n) is 4.15. The summed E-state index contributed by atoms with van der Waals surface area (Å²) in [7, 11) is 1.60. The summed E-state index contributed by atoms with van der Waals surface area (Å²) in [4.78, 5) is 8.28. The molecule has 32 heavy (non-hydrogen) atoms. The minimum absolute atomic E-state index is 0. The monoisotopic (exact) mass is 558 g/mol. The van der Waals surface area contributed by atoms with E-state index < -0.39 is 6.61 Å². The molecule has 0 amide bonds. The van der Waals surface area contributed by atoms with Crippen LogP contribution in [0.1, 0.15) is 11.1 Å². The van der Waals surface area contributed by atoms with Gasteiger partial charge in [-0.1, -0.05) is 18.2 Å². The zero-order valence-electron chi connectivity index (χ0n) is 17.1. The van der Waals surface area contributed by atoms with Crippen molar-refractivity contribution in [3.8, 4) is 17.4 Å². The molecule has 0 aliphatic rings. The number of aliphatic imine (C=N–C) groups is 1. The van der Waals surface area contributed by atoms with Crippen molar-refractivity contribution in [1.82, 2.24) is 15.6 Å². The Hall–Kier alpha value is -3.02. The molecule has 0 atom stereocenters. The van der Waals surface area contributed by atoms with Gasteiger partial charge in [0.15, 0.2) is 5.96 Å². The third kappa shape index (κ3) is 7.91. The van der Waals surface area contributed by atoms with Gasteiger partial charge in [-0.15, -0.1) is 24.0 Å². The molecule has 0 aliphatic heterocycles. The zero-order valence-corrected chi connectivity index (χ0v) is 19.4. The summed E-state index contributed by atoms with van der Waals surface area (Å²) in [6.07, 6.45) is 1.60. The molecule has 0 radical (unpaired) electrons. The fraction of sp³-hybridized carbons (Fsp3) is 0.182. The second kappa shape index (κ2) is 12.7. The number of ether oxygens (including phenoxy) is 2. The van der Waals surface area contributed by atoms with Crippen LogP contribution in [0.2, 0.25) is 0 Å². The van der Waals surface area contributed by atoms with E-state index >= 15 is 0 Å². The van der Waals surface area contributed by atoms with Crippen LogP contribution in [-0.2, 0) is 13.1 Å². The highest BCUT2D eigenvalue weighted by molar-refractivity contribution is 14.0. The number of nitrogens with one attached hydrogen (secondary N) is 2. The first-order chi connectivity index (χ1) is 15.0. The van der Waals surface area contributed by atoms with Crippen LogP contribution in [-0.4, -0.2) is 24.6 Å². The lowest BCUT2D eigenvalue weighted by Gasteiger charge is -2.14. The van der Waals surface area contributed by atoms with Crippen LogP contribution in [0.25, 0.3) is 0 Å². The van der Waals surface area contributed by atoms with Gasteiger partial charge in [0.1, 0.15) is 17.3 Å². The average molecular weight is 558 g/mol. The van der Waals surface area contributed by atoms with Crippen LogP contribution in [0.3, 0.4) is 0 Å². The van der Waals surface area contributed by atoms with Crippen LogP contribution < -0.4 is 20.1 Å². The SMILES string of the molecule is CN=C(NCc1ccnc(Oc2ccc(F)cc2)c1)NCc1ccccc1OC(F)F.I. The van der Waals surface area contributed by atoms with Gasteiger partial charge in [0.05, 0.1) is 0 Å². The van der Waals surface area contributed by atoms with E-state index in [1.54, 1.807) is 37.5 Å². The number of halogens is 4. The van der Waals surface area contributed by atoms with Gasteiger partial charge in [-0.2, -0.15) is 8.78 Å². The van der Waals surface area contributed by atoms with E-state index in [9.17, 15) is 13.2 Å². The van der Waals surface area contributed by atoms with Crippen molar-refractivity contribution < 1.29 is 22.6 Å². The zero-order chi connectivity index (χ0) is 22.1. The Morgan fingerprint density at radius 2 is 1.75 bits per heavy atom. The number of benzene rings is 2. The Morgan fingerprint density at radius 1 is 1.03 bits per heavy atom. The van der Waals surface area contributed by atoms with E-state index in [0.29, 0.717) is 29.7 Å². The van der Waals surface area contributed by atoms with E-state index in [-0.39, 0.29) is 42.1 Å². The summed E-state index contributed by atoms with van der Waals surface area (Å²) < 4.78 is 48.3. The van der Waals surface area contributed by atoms with Gasteiger partial charge in [-0.05, 0) is 42.0 Å². The molecule has 6 nitrogen and oxygen atoms in total. The lowest BCUT2D eigenvalue weighted by molar-refractivity contribution is -0.0504. The number of guanidine groups is 1. The van der Waals surface area contributed by atoms with E-state index in [1.807, 2.05) is 6.07 Å². The Bertz CT molecular complexity index is 1020. The molecule has 3 rings (SSSR count). The van der Waals surface area contributed by atoms with Crippen LogP contribution in [0.4, 0.5) is 13.2 Å². The molecule has 3 aromatic rings. The van der Waals surface area contributed by atoms with Crippen molar-refractivity contribution in [1.29, 1.82) is 0 Å². The molecule has 170 valence electrons. The summed E-state index contributed by atoms with van der Waals surface area (Å²) >= 11 is 0. The minimum Gasteiger partial charge on any atom is -0.439 e. The molecule has 1 heterocycles. The van der Waals surface area contributed by atoms with Gasteiger partial charge in [0, 0.05) is 38.0 Å². The molecule has 0 aliphatic carbocycles. The lowest BCUT2D eigenvalue weighted by Crippen LogP contribution is -2.36. The maximum atomic E-state index is 13.0. The fourth-order valence-electron chi connectivity index (χ4n) is 2.69. The predicted octanol–water partition coefficient (Wildman–Crippen LogP) is 5.10. The van der Waals surface area contributed by atoms with Crippen LogP contribution in [0, 0.1) is 5.82 Å². The standard InChI is InChI=1S/C22H21F3N4O2.HI/c1-26-22(29-14-16-4-2-3-5-19(16)31-21(24)25)28-13-15-10-11-27-20(12-15)30-18-8-6-17(23)7-9-18;/h2-12,21H,13-14H2,1H3,(H2,26,28,29);1H. The van der Waals surface area contributed by atoms with Crippen molar-refractivity contribution in [2.24, 2.45) is 4.99 Å². The van der Waals surface area contributed by atoms with Crippen molar-refractivity contribution >= 4 is 29.9 Å². The van der Waals surface area contributed by atoms with Gasteiger partial charge in [-0.25, -0.2) is 9.37 Å². The van der Waals surface area contributed by atoms with Gasteiger partial charge in [0.2, 0.25) is 5.88 Å². The topological polar surface area (TPSA) is 67.8 Å². The number of hydrogen-bond donors (Lipinski definition) is 2. The molecule has 1 aromatic heterocycles. The highest BCUT2D eigenvalue weighted by Gasteiger charge is 2.09. The molecule has 0 saturated carbocycles. The summed E-state index contributed by atoms with van der Waals surface area (Å²) in [5.41, 5.74) is 1.45. The van der Waals surface area contributed by atoms with E-state index in [0.717, 1.165) is 5.56 Å². The highest BCUT2D eigenvalue weighted by atomic mass is 127. The number of hydrogen-bond acceptors (Lipinski definition) is 4. The Morgan fingerprint density at radius 3 is 2.47 bits per heavy atom. The van der Waals surface area contributed by atoms with Gasteiger partial charge < -0.3 is 20.1 Å². The van der Waals surface area contributed by atoms with E-state index in [2.05, 4.69) is 25.3 Å². The number of para-hydroxylation sites is 1. The second-order valence-corrected chi connectivity index (χ2v) is 6.32. The van der Waals surface area contributed by atoms with E-state index in [4.69, 9.17) is 4.74 Å². The first kappa shape index (κ1) is 25.2. The molecule has 2 N–H and O–H groups in total. The first-order valence-corrected chi connectivity index (χ1v) is 9.39. The molecule has 0 saturated heterocycles. The van der Waals surface area contributed by atoms with Crippen molar-refractivity contribution in [3.05, 3.63) is 83.8 Å². The number of nitrogens with zero attached hydrogens (tertiary/aromatic N) is 2. The molecule has 2 aromatic carbocycles. The first-order valence-electron chi connectivity index (χ1n) is 9.39. The van der Waals surface area contributed by atoms with Crippen LogP contribution in [0.5, 0.6) is 17.4 Å². The maximum absolute atomic E-state index is 13.0. The molecule has 10 heteroatoms. The van der Waals surface area contributed by atoms with Gasteiger partial charge in [-0.3, -0.25) is 4.99 Å². The Balaban J connectivity index is 0.00000363. The summed E-state index contributed by atoms with van der Waals surface area (Å²) in [6, 6.07) is 15.8. The fourth-order valence-corrected chi connectivity index (χ4v) is 2.69. The van der Waals surface area contributed by atoms with Gasteiger partial charge in [0.25, 0.3) is 0 Å². The highest BCUT2D eigenvalue weighted by Crippen LogP contribution is 2.21. The summed E-state index contributed by atoms with van der Waals surface area (Å²) in [5, 5.41) is 6.19. The summed E-state index contributed by atoms with van der Waals surface area (Å²) in [5.74, 6) is 1.08. The maximum Gasteiger partial charge on any atom is 0.387 e. The molecular formula is C22H22F3IN4O2. The van der Waals surface area contributed by atoms with Crippen LogP contribution >= 0.6 is 24.0 Å². The number of alkyl halides is 2. The smallest absolute Gasteiger partial charge is 0.387 e. The Labute approximate surface area is 200 Å². The second-order valence-electron chi connectivity index (χ2n) is 6.32. The van der Waals surface area contributed by atoms with E-state index in [1.165, 1.54) is 30.3 Å². The largest absolute Gasteiger partial charge is 0.439 e. The number of pyridine rings is 1. The molecule has 0 bridgehead atoms. The normalized spacial score (nSPS) is 11.0. The van der Waals surface area contributed by atoms with Gasteiger partial charge >= 0.3 is 6.61 Å². The van der Waals surface area contributed by atoms with Crippen molar-refractivity contribution in [2.75, 3.05) is 7.05 Å². The molecule has 0 spiro atoms. The lowest BCUT2D eigenvalue weighted by atomic mass is 10.2. The number of aromatic nitrogens is 1. The third-order valence-corrected chi connectivity index (χ3v) is 4.15. The number of rotatable bonds is 8. The minimum atomic E-state index is -2.89. The molecular weight excluding hydrogens is 536 g/mol. The van der Waals surface area contributed by atoms with Crippen molar-refractivity contribution in [3.63, 3.8) is 0 Å². The molecule has 0 fully saturated rings. The Kier molecular flexibility index (Phi) is 10.1. The van der Waals surface area contributed by atoms with Crippen LogP contribution in [0.15, 0.2) is 71.9 Å². The average Bonchev–Trinajstić information content (AvgIpc) is 2.76.